The van der Waals surface area contributed by atoms with Crippen LogP contribution in [0.15, 0.2) is 52.4 Å². The van der Waals surface area contributed by atoms with Crippen molar-refractivity contribution >= 4 is 50.8 Å². The summed E-state index contributed by atoms with van der Waals surface area (Å²) in [6.07, 6.45) is 0.394. The van der Waals surface area contributed by atoms with E-state index >= 15 is 0 Å². The number of amides is 1. The number of thioether (sulfide) groups is 1. The number of aryl methyl sites for hydroxylation is 1. The van der Waals surface area contributed by atoms with Gasteiger partial charge in [0.15, 0.2) is 4.80 Å². The van der Waals surface area contributed by atoms with Crippen LogP contribution in [0.3, 0.4) is 0 Å². The van der Waals surface area contributed by atoms with Crippen LogP contribution in [0, 0.1) is 0 Å². The Morgan fingerprint density at radius 3 is 2.76 bits per heavy atom. The van der Waals surface area contributed by atoms with Crippen molar-refractivity contribution in [2.24, 2.45) is 12.0 Å². The van der Waals surface area contributed by atoms with Gasteiger partial charge < -0.3 is 9.30 Å². The number of thiazole rings is 1. The highest BCUT2D eigenvalue weighted by atomic mass is 35.5. The lowest BCUT2D eigenvalue weighted by Crippen LogP contribution is -2.13. The van der Waals surface area contributed by atoms with Gasteiger partial charge in [0, 0.05) is 29.1 Å². The number of rotatable bonds is 5. The molecule has 0 spiro atoms. The van der Waals surface area contributed by atoms with E-state index in [1.165, 1.54) is 11.3 Å². The van der Waals surface area contributed by atoms with Crippen LogP contribution in [0.1, 0.15) is 6.42 Å². The maximum Gasteiger partial charge on any atom is 0.249 e. The number of benzene rings is 2. The average molecular weight is 393 g/mol. The quantitative estimate of drug-likeness (QED) is 0.600. The number of carbonyl (C=O) groups excluding carboxylic acids is 1. The zero-order valence-electron chi connectivity index (χ0n) is 13.9. The molecule has 1 aromatic heterocycles. The molecular weight excluding hydrogens is 376 g/mol. The van der Waals surface area contributed by atoms with Gasteiger partial charge in [-0.25, -0.2) is 0 Å². The lowest BCUT2D eigenvalue weighted by atomic mass is 10.3. The first-order valence-electron chi connectivity index (χ1n) is 7.66. The second-order valence-corrected chi connectivity index (χ2v) is 7.95. The molecule has 130 valence electrons. The molecule has 7 heteroatoms. The van der Waals surface area contributed by atoms with Gasteiger partial charge >= 0.3 is 0 Å². The highest BCUT2D eigenvalue weighted by Gasteiger charge is 2.07. The fraction of sp³-hybridized carbons (Fsp3) is 0.222. The van der Waals surface area contributed by atoms with Gasteiger partial charge in [-0.2, -0.15) is 4.99 Å². The summed E-state index contributed by atoms with van der Waals surface area (Å²) < 4.78 is 8.22. The Labute approximate surface area is 159 Å². The Bertz CT molecular complexity index is 961. The first kappa shape index (κ1) is 18.0. The number of nitrogens with zero attached hydrogens (tertiary/aromatic N) is 2. The fourth-order valence-corrected chi connectivity index (χ4v) is 4.33. The summed E-state index contributed by atoms with van der Waals surface area (Å²) >= 11 is 8.98. The molecule has 0 aliphatic rings. The molecule has 3 aromatic rings. The van der Waals surface area contributed by atoms with E-state index < -0.39 is 0 Å². The van der Waals surface area contributed by atoms with Crippen molar-refractivity contribution in [2.45, 2.75) is 11.3 Å². The van der Waals surface area contributed by atoms with Crippen LogP contribution in [0.25, 0.3) is 10.2 Å². The molecule has 3 rings (SSSR count). The molecule has 0 radical (unpaired) electrons. The summed E-state index contributed by atoms with van der Waals surface area (Å²) in [5.74, 6) is 1.37. The third-order valence-electron chi connectivity index (χ3n) is 3.64. The molecule has 0 atom stereocenters. The summed E-state index contributed by atoms with van der Waals surface area (Å²) in [4.78, 5) is 18.2. The van der Waals surface area contributed by atoms with E-state index in [0.717, 1.165) is 20.9 Å². The number of halogens is 1. The number of hydrogen-bond acceptors (Lipinski definition) is 4. The van der Waals surface area contributed by atoms with Gasteiger partial charge in [-0.15, -0.1) is 11.8 Å². The van der Waals surface area contributed by atoms with Gasteiger partial charge in [0.25, 0.3) is 0 Å². The van der Waals surface area contributed by atoms with Gasteiger partial charge in [-0.1, -0.05) is 22.9 Å². The number of methoxy groups -OCH3 is 1. The number of hydrogen-bond donors (Lipinski definition) is 0. The normalized spacial score (nSPS) is 11.9. The lowest BCUT2D eigenvalue weighted by Gasteiger charge is -2.00. The van der Waals surface area contributed by atoms with Crippen molar-refractivity contribution in [2.75, 3.05) is 12.9 Å². The molecule has 2 aromatic carbocycles. The van der Waals surface area contributed by atoms with Gasteiger partial charge in [0.1, 0.15) is 5.75 Å². The summed E-state index contributed by atoms with van der Waals surface area (Å²) in [5, 5.41) is 0.712. The van der Waals surface area contributed by atoms with E-state index in [0.29, 0.717) is 22.0 Å². The molecule has 1 heterocycles. The monoisotopic (exact) mass is 392 g/mol. The zero-order valence-corrected chi connectivity index (χ0v) is 16.2. The van der Waals surface area contributed by atoms with Crippen molar-refractivity contribution < 1.29 is 9.53 Å². The molecule has 1 amide bonds. The van der Waals surface area contributed by atoms with Crippen molar-refractivity contribution in [3.8, 4) is 5.75 Å². The van der Waals surface area contributed by atoms with Crippen LogP contribution in [-0.4, -0.2) is 23.3 Å². The van der Waals surface area contributed by atoms with Crippen molar-refractivity contribution in [3.05, 3.63) is 52.3 Å². The molecule has 0 saturated heterocycles. The van der Waals surface area contributed by atoms with Crippen molar-refractivity contribution in [1.82, 2.24) is 4.57 Å². The van der Waals surface area contributed by atoms with E-state index in [-0.39, 0.29) is 5.91 Å². The highest BCUT2D eigenvalue weighted by molar-refractivity contribution is 7.99. The summed E-state index contributed by atoms with van der Waals surface area (Å²) in [6.45, 7) is 0. The molecule has 0 N–H and O–H groups in total. The smallest absolute Gasteiger partial charge is 0.249 e. The second-order valence-electron chi connectivity index (χ2n) is 5.34. The van der Waals surface area contributed by atoms with Crippen LogP contribution < -0.4 is 9.54 Å². The Hall–Kier alpha value is -1.76. The Balaban J connectivity index is 1.69. The minimum Gasteiger partial charge on any atom is -0.497 e. The minimum absolute atomic E-state index is 0.115. The Morgan fingerprint density at radius 1 is 1.28 bits per heavy atom. The molecule has 25 heavy (non-hydrogen) atoms. The van der Waals surface area contributed by atoms with Gasteiger partial charge in [-0.3, -0.25) is 4.79 Å². The lowest BCUT2D eigenvalue weighted by molar-refractivity contribution is -0.117. The number of fused-ring (bicyclic) bond motifs is 1. The first-order valence-corrected chi connectivity index (χ1v) is 9.84. The minimum atomic E-state index is -0.115. The maximum absolute atomic E-state index is 12.2. The molecule has 0 aliphatic carbocycles. The van der Waals surface area contributed by atoms with Gasteiger partial charge in [-0.05, 0) is 42.5 Å². The van der Waals surface area contributed by atoms with Crippen molar-refractivity contribution in [1.29, 1.82) is 0 Å². The number of carbonyl (C=O) groups is 1. The predicted octanol–water partition coefficient (Wildman–Crippen LogP) is 4.51. The number of aromatic nitrogens is 1. The van der Waals surface area contributed by atoms with Crippen LogP contribution >= 0.6 is 34.7 Å². The summed E-state index contributed by atoms with van der Waals surface area (Å²) in [6, 6.07) is 13.4. The van der Waals surface area contributed by atoms with Gasteiger partial charge in [0.2, 0.25) is 5.91 Å². The third-order valence-corrected chi connectivity index (χ3v) is 6.00. The van der Waals surface area contributed by atoms with Gasteiger partial charge in [0.05, 0.1) is 17.3 Å². The van der Waals surface area contributed by atoms with E-state index in [1.807, 2.05) is 54.1 Å². The summed E-state index contributed by atoms with van der Waals surface area (Å²) in [5.41, 5.74) is 1.04. The molecule has 4 nitrogen and oxygen atoms in total. The third kappa shape index (κ3) is 4.45. The van der Waals surface area contributed by atoms with E-state index in [9.17, 15) is 4.79 Å². The van der Waals surface area contributed by atoms with Crippen LogP contribution in [-0.2, 0) is 11.8 Å². The largest absolute Gasteiger partial charge is 0.497 e. The zero-order chi connectivity index (χ0) is 17.8. The molecule has 0 bridgehead atoms. The van der Waals surface area contributed by atoms with E-state index in [2.05, 4.69) is 4.99 Å². The Morgan fingerprint density at radius 2 is 2.04 bits per heavy atom. The Kier molecular flexibility index (Phi) is 5.83. The standard InChI is InChI=1S/C18H17ClN2O2S2/c1-21-15-8-5-13(23-2)11-16(15)25-18(21)20-17(22)9-10-24-14-6-3-12(19)4-7-14/h3-8,11H,9-10H2,1-2H3. The van der Waals surface area contributed by atoms with Crippen LogP contribution in [0.5, 0.6) is 5.75 Å². The fourth-order valence-electron chi connectivity index (χ4n) is 2.30. The molecule has 0 saturated carbocycles. The van der Waals surface area contributed by atoms with Crippen LogP contribution in [0.2, 0.25) is 5.02 Å². The predicted molar refractivity (Wildman–Crippen MR) is 105 cm³/mol. The SMILES string of the molecule is COc1ccc2c(c1)sc(=NC(=O)CCSc1ccc(Cl)cc1)n2C. The van der Waals surface area contributed by atoms with E-state index in [4.69, 9.17) is 16.3 Å². The molecule has 0 aliphatic heterocycles. The van der Waals surface area contributed by atoms with E-state index in [1.54, 1.807) is 18.9 Å². The van der Waals surface area contributed by atoms with Crippen molar-refractivity contribution in [3.63, 3.8) is 0 Å². The molecule has 0 unspecified atom stereocenters. The van der Waals surface area contributed by atoms with Crippen LogP contribution in [0.4, 0.5) is 0 Å². The summed E-state index contributed by atoms with van der Waals surface area (Å²) in [7, 11) is 3.56. The highest BCUT2D eigenvalue weighted by Crippen LogP contribution is 2.23. The number of ether oxygens (including phenoxy) is 1. The maximum atomic E-state index is 12.2. The second kappa shape index (κ2) is 8.08. The molecular formula is C18H17ClN2O2S2. The topological polar surface area (TPSA) is 43.6 Å². The average Bonchev–Trinajstić information content (AvgIpc) is 2.91. The first-order chi connectivity index (χ1) is 12.1. The molecule has 0 fully saturated rings.